The van der Waals surface area contributed by atoms with Gasteiger partial charge in [0.1, 0.15) is 0 Å². The Kier molecular flexibility index (Phi) is 3.84. The Labute approximate surface area is 124 Å². The SMILES string of the molecule is CC1CN(C)C[C@@]12COCCN(C(=O)c1cccs1)C2. The molecule has 110 valence electrons. The van der Waals surface area contributed by atoms with Crippen molar-refractivity contribution in [1.82, 2.24) is 9.80 Å². The molecule has 2 atom stereocenters. The number of carbonyl (C=O) groups is 1. The summed E-state index contributed by atoms with van der Waals surface area (Å²) in [6.45, 7) is 7.32. The monoisotopic (exact) mass is 294 g/mol. The van der Waals surface area contributed by atoms with Crippen LogP contribution in [-0.4, -0.2) is 62.1 Å². The zero-order chi connectivity index (χ0) is 14.2. The van der Waals surface area contributed by atoms with Crippen molar-refractivity contribution in [3.8, 4) is 0 Å². The maximum absolute atomic E-state index is 12.6. The first kappa shape index (κ1) is 14.0. The smallest absolute Gasteiger partial charge is 0.264 e. The van der Waals surface area contributed by atoms with Crippen LogP contribution in [0.5, 0.6) is 0 Å². The summed E-state index contributed by atoms with van der Waals surface area (Å²) in [5, 5.41) is 1.96. The standard InChI is InChI=1S/C15H22N2O2S/c1-12-8-16(2)9-15(12)10-17(5-6-19-11-15)14(18)13-4-3-7-20-13/h3-4,7,12H,5-6,8-11H2,1-2H3/t12?,15-/m1/s1. The number of amides is 1. The molecule has 1 amide bonds. The van der Waals surface area contributed by atoms with Gasteiger partial charge in [0.15, 0.2) is 0 Å². The van der Waals surface area contributed by atoms with E-state index < -0.39 is 0 Å². The van der Waals surface area contributed by atoms with E-state index in [0.29, 0.717) is 19.1 Å². The molecular weight excluding hydrogens is 272 g/mol. The van der Waals surface area contributed by atoms with Crippen LogP contribution in [0.15, 0.2) is 17.5 Å². The molecule has 0 N–H and O–H groups in total. The third-order valence-electron chi connectivity index (χ3n) is 4.64. The minimum Gasteiger partial charge on any atom is -0.379 e. The molecule has 3 heterocycles. The van der Waals surface area contributed by atoms with Gasteiger partial charge in [-0.05, 0) is 24.4 Å². The molecule has 1 unspecified atom stereocenters. The second-order valence-corrected chi connectivity index (χ2v) is 7.16. The van der Waals surface area contributed by atoms with Crippen molar-refractivity contribution in [1.29, 1.82) is 0 Å². The molecule has 1 aromatic rings. The van der Waals surface area contributed by atoms with Crippen LogP contribution < -0.4 is 0 Å². The van der Waals surface area contributed by atoms with Gasteiger partial charge in [0.25, 0.3) is 5.91 Å². The molecule has 2 aliphatic heterocycles. The van der Waals surface area contributed by atoms with Gasteiger partial charge < -0.3 is 14.5 Å². The van der Waals surface area contributed by atoms with Gasteiger partial charge in [0, 0.05) is 31.6 Å². The fraction of sp³-hybridized carbons (Fsp3) is 0.667. The van der Waals surface area contributed by atoms with E-state index in [1.54, 1.807) is 0 Å². The highest BCUT2D eigenvalue weighted by atomic mass is 32.1. The third-order valence-corrected chi connectivity index (χ3v) is 5.49. The third kappa shape index (κ3) is 2.50. The van der Waals surface area contributed by atoms with Crippen LogP contribution in [0, 0.1) is 11.3 Å². The van der Waals surface area contributed by atoms with Crippen molar-refractivity contribution in [2.75, 3.05) is 46.4 Å². The Morgan fingerprint density at radius 3 is 3.00 bits per heavy atom. The van der Waals surface area contributed by atoms with Crippen LogP contribution in [0.3, 0.4) is 0 Å². The summed E-state index contributed by atoms with van der Waals surface area (Å²) in [5.41, 5.74) is 0.0954. The van der Waals surface area contributed by atoms with E-state index in [1.807, 2.05) is 22.4 Å². The van der Waals surface area contributed by atoms with Gasteiger partial charge in [-0.15, -0.1) is 11.3 Å². The number of carbonyl (C=O) groups excluding carboxylic acids is 1. The average Bonchev–Trinajstić information content (AvgIpc) is 2.96. The molecule has 1 spiro atoms. The van der Waals surface area contributed by atoms with E-state index in [2.05, 4.69) is 18.9 Å². The molecule has 4 nitrogen and oxygen atoms in total. The van der Waals surface area contributed by atoms with E-state index in [0.717, 1.165) is 31.1 Å². The first-order valence-corrected chi connectivity index (χ1v) is 8.08. The van der Waals surface area contributed by atoms with E-state index in [-0.39, 0.29) is 11.3 Å². The van der Waals surface area contributed by atoms with E-state index in [1.165, 1.54) is 11.3 Å². The van der Waals surface area contributed by atoms with Crippen LogP contribution in [0.2, 0.25) is 0 Å². The van der Waals surface area contributed by atoms with Gasteiger partial charge in [0.05, 0.1) is 18.1 Å². The van der Waals surface area contributed by atoms with Crippen LogP contribution in [0.1, 0.15) is 16.6 Å². The largest absolute Gasteiger partial charge is 0.379 e. The topological polar surface area (TPSA) is 32.8 Å². The van der Waals surface area contributed by atoms with E-state index in [4.69, 9.17) is 4.74 Å². The van der Waals surface area contributed by atoms with Crippen molar-refractivity contribution in [2.24, 2.45) is 11.3 Å². The lowest BCUT2D eigenvalue weighted by molar-refractivity contribution is 0.0491. The summed E-state index contributed by atoms with van der Waals surface area (Å²) in [4.78, 5) is 17.8. The quantitative estimate of drug-likeness (QED) is 0.791. The molecule has 0 bridgehead atoms. The van der Waals surface area contributed by atoms with Crippen LogP contribution >= 0.6 is 11.3 Å². The summed E-state index contributed by atoms with van der Waals surface area (Å²) in [7, 11) is 2.15. The number of rotatable bonds is 1. The second-order valence-electron chi connectivity index (χ2n) is 6.22. The lowest BCUT2D eigenvalue weighted by Crippen LogP contribution is -2.45. The van der Waals surface area contributed by atoms with Crippen LogP contribution in [0.25, 0.3) is 0 Å². The van der Waals surface area contributed by atoms with E-state index >= 15 is 0 Å². The highest BCUT2D eigenvalue weighted by molar-refractivity contribution is 7.12. The second kappa shape index (κ2) is 5.47. The number of hydrogen-bond donors (Lipinski definition) is 0. The fourth-order valence-corrected chi connectivity index (χ4v) is 4.19. The average molecular weight is 294 g/mol. The van der Waals surface area contributed by atoms with Crippen molar-refractivity contribution in [2.45, 2.75) is 6.92 Å². The first-order valence-electron chi connectivity index (χ1n) is 7.20. The van der Waals surface area contributed by atoms with E-state index in [9.17, 15) is 4.79 Å². The van der Waals surface area contributed by atoms with Crippen molar-refractivity contribution < 1.29 is 9.53 Å². The number of thiophene rings is 1. The highest BCUT2D eigenvalue weighted by Crippen LogP contribution is 2.38. The highest BCUT2D eigenvalue weighted by Gasteiger charge is 2.46. The van der Waals surface area contributed by atoms with Crippen LogP contribution in [0.4, 0.5) is 0 Å². The zero-order valence-corrected chi connectivity index (χ0v) is 13.0. The lowest BCUT2D eigenvalue weighted by Gasteiger charge is -2.34. The maximum Gasteiger partial charge on any atom is 0.264 e. The summed E-state index contributed by atoms with van der Waals surface area (Å²) in [6.07, 6.45) is 0. The lowest BCUT2D eigenvalue weighted by atomic mass is 9.79. The normalized spacial score (nSPS) is 31.7. The number of likely N-dealkylation sites (tertiary alicyclic amines) is 1. The van der Waals surface area contributed by atoms with Crippen molar-refractivity contribution in [3.05, 3.63) is 22.4 Å². The molecule has 0 aromatic carbocycles. The Morgan fingerprint density at radius 1 is 1.50 bits per heavy atom. The molecule has 2 saturated heterocycles. The minimum absolute atomic E-state index is 0.0954. The number of ether oxygens (including phenoxy) is 1. The van der Waals surface area contributed by atoms with Gasteiger partial charge >= 0.3 is 0 Å². The molecule has 0 radical (unpaired) electrons. The van der Waals surface area contributed by atoms with Crippen LogP contribution in [-0.2, 0) is 4.74 Å². The summed E-state index contributed by atoms with van der Waals surface area (Å²) < 4.78 is 5.83. The van der Waals surface area contributed by atoms with Gasteiger partial charge in [-0.2, -0.15) is 0 Å². The predicted octanol–water partition coefficient (Wildman–Crippen LogP) is 1.79. The van der Waals surface area contributed by atoms with Crippen molar-refractivity contribution in [3.63, 3.8) is 0 Å². The molecule has 3 rings (SSSR count). The molecule has 2 aliphatic rings. The molecule has 20 heavy (non-hydrogen) atoms. The van der Waals surface area contributed by atoms with Gasteiger partial charge in [-0.25, -0.2) is 0 Å². The Morgan fingerprint density at radius 2 is 2.35 bits per heavy atom. The minimum atomic E-state index is 0.0954. The predicted molar refractivity (Wildman–Crippen MR) is 80.1 cm³/mol. The molecule has 0 aliphatic carbocycles. The summed E-state index contributed by atoms with van der Waals surface area (Å²) >= 11 is 1.52. The first-order chi connectivity index (χ1) is 9.61. The Bertz CT molecular complexity index is 476. The van der Waals surface area contributed by atoms with Gasteiger partial charge in [-0.3, -0.25) is 4.79 Å². The number of hydrogen-bond acceptors (Lipinski definition) is 4. The number of nitrogens with zero attached hydrogens (tertiary/aromatic N) is 2. The molecule has 0 saturated carbocycles. The maximum atomic E-state index is 12.6. The zero-order valence-electron chi connectivity index (χ0n) is 12.2. The molecule has 5 heteroatoms. The molecule has 2 fully saturated rings. The van der Waals surface area contributed by atoms with Crippen molar-refractivity contribution >= 4 is 17.2 Å². The Hall–Kier alpha value is -0.910. The summed E-state index contributed by atoms with van der Waals surface area (Å²) in [6, 6.07) is 3.85. The van der Waals surface area contributed by atoms with Gasteiger partial charge in [-0.1, -0.05) is 13.0 Å². The fourth-order valence-electron chi connectivity index (χ4n) is 3.50. The molecule has 1 aromatic heterocycles. The summed E-state index contributed by atoms with van der Waals surface area (Å²) in [5.74, 6) is 0.718. The Balaban J connectivity index is 1.81. The molecular formula is C15H22N2O2S. The van der Waals surface area contributed by atoms with Gasteiger partial charge in [0.2, 0.25) is 0 Å².